The Morgan fingerprint density at radius 3 is 3.07 bits per heavy atom. The normalized spacial score (nSPS) is 12.4. The molecule has 1 atom stereocenters. The molecule has 0 aliphatic carbocycles. The van der Waals surface area contributed by atoms with E-state index in [1.54, 1.807) is 5.51 Å². The Bertz CT molecular complexity index is 276. The average Bonchev–Trinajstić information content (AvgIpc) is 2.64. The first kappa shape index (κ1) is 10.9. The van der Waals surface area contributed by atoms with Crippen LogP contribution in [0.4, 0.5) is 5.13 Å². The summed E-state index contributed by atoms with van der Waals surface area (Å²) in [7, 11) is 0. The van der Waals surface area contributed by atoms with Gasteiger partial charge in [0.2, 0.25) is 5.13 Å². The predicted molar refractivity (Wildman–Crippen MR) is 54.5 cm³/mol. The van der Waals surface area contributed by atoms with Crippen molar-refractivity contribution < 1.29 is 9.90 Å². The van der Waals surface area contributed by atoms with Gasteiger partial charge >= 0.3 is 5.97 Å². The minimum Gasteiger partial charge on any atom is -0.480 e. The Morgan fingerprint density at radius 1 is 1.79 bits per heavy atom. The molecule has 0 radical (unpaired) electrons. The molecule has 0 fully saturated rings. The minimum absolute atomic E-state index is 0.553. The van der Waals surface area contributed by atoms with Crippen LogP contribution in [0.1, 0.15) is 26.2 Å². The molecular weight excluding hydrogens is 202 g/mol. The number of aromatic nitrogens is 2. The maximum Gasteiger partial charge on any atom is 0.326 e. The van der Waals surface area contributed by atoms with Gasteiger partial charge in [-0.3, -0.25) is 0 Å². The third-order valence-electron chi connectivity index (χ3n) is 1.80. The van der Waals surface area contributed by atoms with Gasteiger partial charge < -0.3 is 10.4 Å². The number of aliphatic carboxylic acids is 1. The number of rotatable bonds is 6. The maximum atomic E-state index is 10.8. The summed E-state index contributed by atoms with van der Waals surface area (Å²) in [6.45, 7) is 2.03. The van der Waals surface area contributed by atoms with E-state index >= 15 is 0 Å². The number of anilines is 1. The van der Waals surface area contributed by atoms with Crippen LogP contribution in [0.5, 0.6) is 0 Å². The van der Waals surface area contributed by atoms with Crippen LogP contribution in [-0.2, 0) is 4.79 Å². The van der Waals surface area contributed by atoms with Crippen LogP contribution in [-0.4, -0.2) is 27.3 Å². The van der Waals surface area contributed by atoms with E-state index in [-0.39, 0.29) is 0 Å². The summed E-state index contributed by atoms with van der Waals surface area (Å²) < 4.78 is 0. The number of carboxylic acid groups (broad SMARTS) is 1. The molecule has 5 nitrogen and oxygen atoms in total. The van der Waals surface area contributed by atoms with Gasteiger partial charge in [0.1, 0.15) is 11.6 Å². The molecule has 1 unspecified atom stereocenters. The lowest BCUT2D eigenvalue weighted by atomic mass is 10.1. The zero-order valence-corrected chi connectivity index (χ0v) is 8.75. The van der Waals surface area contributed by atoms with Crippen LogP contribution in [0.3, 0.4) is 0 Å². The summed E-state index contributed by atoms with van der Waals surface area (Å²) in [6.07, 6.45) is 2.50. The summed E-state index contributed by atoms with van der Waals surface area (Å²) in [5.74, 6) is -0.839. The number of carbonyl (C=O) groups is 1. The highest BCUT2D eigenvalue weighted by molar-refractivity contribution is 7.13. The standard InChI is InChI=1S/C8H13N3O2S/c1-2-3-4-6(7(12)13)10-8-11-9-5-14-8/h5-6H,2-4H2,1H3,(H,10,11)(H,12,13). The molecule has 6 heteroatoms. The molecule has 1 aromatic rings. The summed E-state index contributed by atoms with van der Waals surface area (Å²) in [5.41, 5.74) is 1.57. The summed E-state index contributed by atoms with van der Waals surface area (Å²) in [5, 5.41) is 19.7. The van der Waals surface area contributed by atoms with E-state index in [0.29, 0.717) is 11.6 Å². The number of carboxylic acids is 1. The van der Waals surface area contributed by atoms with Crippen LogP contribution in [0, 0.1) is 0 Å². The van der Waals surface area contributed by atoms with Gasteiger partial charge in [0.15, 0.2) is 0 Å². The Labute approximate surface area is 86.2 Å². The Hall–Kier alpha value is -1.17. The highest BCUT2D eigenvalue weighted by Gasteiger charge is 2.17. The van der Waals surface area contributed by atoms with Crippen molar-refractivity contribution in [3.63, 3.8) is 0 Å². The number of hydrogen-bond acceptors (Lipinski definition) is 5. The van der Waals surface area contributed by atoms with Gasteiger partial charge in [-0.15, -0.1) is 10.2 Å². The lowest BCUT2D eigenvalue weighted by Gasteiger charge is -2.11. The first-order chi connectivity index (χ1) is 6.74. The van der Waals surface area contributed by atoms with E-state index in [1.807, 2.05) is 6.92 Å². The van der Waals surface area contributed by atoms with Gasteiger partial charge in [-0.25, -0.2) is 4.79 Å². The second-order valence-corrected chi connectivity index (χ2v) is 3.75. The number of hydrogen-bond donors (Lipinski definition) is 2. The smallest absolute Gasteiger partial charge is 0.326 e. The topological polar surface area (TPSA) is 75.1 Å². The van der Waals surface area contributed by atoms with E-state index in [9.17, 15) is 4.79 Å². The Balaban J connectivity index is 2.47. The van der Waals surface area contributed by atoms with Crippen molar-refractivity contribution in [2.45, 2.75) is 32.2 Å². The molecule has 1 heterocycles. The molecule has 1 aromatic heterocycles. The van der Waals surface area contributed by atoms with Crippen molar-refractivity contribution in [2.24, 2.45) is 0 Å². The van der Waals surface area contributed by atoms with Crippen molar-refractivity contribution in [3.8, 4) is 0 Å². The van der Waals surface area contributed by atoms with Crippen molar-refractivity contribution >= 4 is 22.4 Å². The quantitative estimate of drug-likeness (QED) is 0.753. The average molecular weight is 215 g/mol. The van der Waals surface area contributed by atoms with E-state index in [1.165, 1.54) is 11.3 Å². The van der Waals surface area contributed by atoms with Crippen molar-refractivity contribution in [2.75, 3.05) is 5.32 Å². The third-order valence-corrected chi connectivity index (χ3v) is 2.42. The van der Waals surface area contributed by atoms with Crippen molar-refractivity contribution in [1.82, 2.24) is 10.2 Å². The van der Waals surface area contributed by atoms with Crippen LogP contribution >= 0.6 is 11.3 Å². The van der Waals surface area contributed by atoms with E-state index < -0.39 is 12.0 Å². The molecular formula is C8H13N3O2S. The van der Waals surface area contributed by atoms with Crippen LogP contribution in [0.25, 0.3) is 0 Å². The zero-order chi connectivity index (χ0) is 10.4. The van der Waals surface area contributed by atoms with Gasteiger partial charge in [0.25, 0.3) is 0 Å². The molecule has 14 heavy (non-hydrogen) atoms. The summed E-state index contributed by atoms with van der Waals surface area (Å²) in [6, 6.07) is -0.553. The molecule has 0 spiro atoms. The number of nitrogens with zero attached hydrogens (tertiary/aromatic N) is 2. The molecule has 0 bridgehead atoms. The fourth-order valence-corrected chi connectivity index (χ4v) is 1.55. The molecule has 0 aromatic carbocycles. The molecule has 1 rings (SSSR count). The van der Waals surface area contributed by atoms with Gasteiger partial charge in [-0.2, -0.15) is 0 Å². The number of unbranched alkanes of at least 4 members (excludes halogenated alkanes) is 1. The van der Waals surface area contributed by atoms with Gasteiger partial charge in [0, 0.05) is 0 Å². The largest absolute Gasteiger partial charge is 0.480 e. The first-order valence-electron chi connectivity index (χ1n) is 4.49. The molecule has 0 saturated heterocycles. The van der Waals surface area contributed by atoms with E-state index in [4.69, 9.17) is 5.11 Å². The lowest BCUT2D eigenvalue weighted by Crippen LogP contribution is -2.29. The van der Waals surface area contributed by atoms with Gasteiger partial charge in [0.05, 0.1) is 0 Å². The molecule has 2 N–H and O–H groups in total. The second kappa shape index (κ2) is 5.54. The molecule has 0 aliphatic heterocycles. The molecule has 0 amide bonds. The highest BCUT2D eigenvalue weighted by atomic mass is 32.1. The highest BCUT2D eigenvalue weighted by Crippen LogP contribution is 2.12. The molecule has 0 aliphatic rings. The van der Waals surface area contributed by atoms with E-state index in [2.05, 4.69) is 15.5 Å². The SMILES string of the molecule is CCCCC(Nc1nncs1)C(=O)O. The van der Waals surface area contributed by atoms with Crippen LogP contribution in [0.15, 0.2) is 5.51 Å². The fourth-order valence-electron chi connectivity index (χ4n) is 1.05. The third kappa shape index (κ3) is 3.29. The van der Waals surface area contributed by atoms with Crippen LogP contribution in [0.2, 0.25) is 0 Å². The molecule has 78 valence electrons. The predicted octanol–water partition coefficient (Wildman–Crippen LogP) is 1.59. The summed E-state index contributed by atoms with van der Waals surface area (Å²) >= 11 is 1.31. The van der Waals surface area contributed by atoms with Gasteiger partial charge in [-0.05, 0) is 6.42 Å². The maximum absolute atomic E-state index is 10.8. The van der Waals surface area contributed by atoms with Crippen molar-refractivity contribution in [3.05, 3.63) is 5.51 Å². The Morgan fingerprint density at radius 2 is 2.57 bits per heavy atom. The van der Waals surface area contributed by atoms with Gasteiger partial charge in [-0.1, -0.05) is 31.1 Å². The Kier molecular flexibility index (Phi) is 4.31. The minimum atomic E-state index is -0.839. The monoisotopic (exact) mass is 215 g/mol. The first-order valence-corrected chi connectivity index (χ1v) is 5.37. The van der Waals surface area contributed by atoms with Crippen LogP contribution < -0.4 is 5.32 Å². The number of nitrogens with one attached hydrogen (secondary N) is 1. The van der Waals surface area contributed by atoms with Crippen molar-refractivity contribution in [1.29, 1.82) is 0 Å². The zero-order valence-electron chi connectivity index (χ0n) is 7.93. The second-order valence-electron chi connectivity index (χ2n) is 2.92. The fraction of sp³-hybridized carbons (Fsp3) is 0.625. The lowest BCUT2D eigenvalue weighted by molar-refractivity contribution is -0.138. The van der Waals surface area contributed by atoms with E-state index in [0.717, 1.165) is 12.8 Å². The summed E-state index contributed by atoms with van der Waals surface area (Å²) in [4.78, 5) is 10.8. The molecule has 0 saturated carbocycles.